The van der Waals surface area contributed by atoms with Crippen molar-refractivity contribution in [3.63, 3.8) is 0 Å². The first kappa shape index (κ1) is 22.5. The third kappa shape index (κ3) is 5.55. The Morgan fingerprint density at radius 3 is 2.75 bits per heavy atom. The maximum absolute atomic E-state index is 14.2. The van der Waals surface area contributed by atoms with Gasteiger partial charge in [-0.1, -0.05) is 0 Å². The number of fused-ring (bicyclic) bond motifs is 1. The molecule has 4 rings (SSSR count). The topological polar surface area (TPSA) is 97.4 Å². The summed E-state index contributed by atoms with van der Waals surface area (Å²) in [5, 5.41) is 4.19. The van der Waals surface area contributed by atoms with Crippen molar-refractivity contribution >= 4 is 33.6 Å². The monoisotopic (exact) mass is 455 g/mol. The Morgan fingerprint density at radius 1 is 1.16 bits per heavy atom. The molecule has 3 aromatic rings. The third-order valence-corrected chi connectivity index (χ3v) is 5.93. The molecule has 0 bridgehead atoms. The number of carbonyl (C=O) groups excluding carboxylic acids is 1. The van der Waals surface area contributed by atoms with Gasteiger partial charge < -0.3 is 14.8 Å². The number of benzene rings is 2. The van der Waals surface area contributed by atoms with Crippen molar-refractivity contribution in [2.75, 3.05) is 37.6 Å². The average molecular weight is 456 g/mol. The van der Waals surface area contributed by atoms with Crippen molar-refractivity contribution in [1.29, 1.82) is 0 Å². The third-order valence-electron chi connectivity index (χ3n) is 5.49. The highest BCUT2D eigenvalue weighted by molar-refractivity contribution is 7.77. The largest absolute Gasteiger partial charge is 0.760 e. The summed E-state index contributed by atoms with van der Waals surface area (Å²) in [7, 11) is 0. The number of anilines is 1. The van der Waals surface area contributed by atoms with Crippen LogP contribution in [-0.4, -0.2) is 52.3 Å². The van der Waals surface area contributed by atoms with Gasteiger partial charge in [0.15, 0.2) is 5.78 Å². The molecule has 9 heteroatoms. The molecule has 1 saturated heterocycles. The minimum atomic E-state index is -2.32. The van der Waals surface area contributed by atoms with Gasteiger partial charge in [0.1, 0.15) is 5.82 Å². The quantitative estimate of drug-likeness (QED) is 0.307. The van der Waals surface area contributed by atoms with Crippen molar-refractivity contribution in [2.24, 2.45) is 0 Å². The summed E-state index contributed by atoms with van der Waals surface area (Å²) in [6, 6.07) is 11.6. The Morgan fingerprint density at radius 2 is 1.97 bits per heavy atom. The zero-order chi connectivity index (χ0) is 22.5. The number of ketones is 1. The van der Waals surface area contributed by atoms with E-state index in [1.54, 1.807) is 24.3 Å². The Hall–Kier alpha value is -2.72. The summed E-state index contributed by atoms with van der Waals surface area (Å²) < 4.78 is 37.5. The first-order valence-electron chi connectivity index (χ1n) is 10.5. The molecule has 1 fully saturated rings. The molecule has 0 aliphatic carbocycles. The molecule has 1 atom stereocenters. The minimum absolute atomic E-state index is 0.253. The van der Waals surface area contributed by atoms with E-state index in [9.17, 15) is 17.9 Å². The van der Waals surface area contributed by atoms with Gasteiger partial charge in [-0.05, 0) is 60.9 Å². The molecule has 0 spiro atoms. The highest BCUT2D eigenvalue weighted by Crippen LogP contribution is 2.23. The fraction of sp³-hybridized carbons (Fsp3) is 0.304. The van der Waals surface area contributed by atoms with Gasteiger partial charge >= 0.3 is 0 Å². The lowest BCUT2D eigenvalue weighted by atomic mass is 9.98. The number of rotatable bonds is 8. The zero-order valence-corrected chi connectivity index (χ0v) is 18.3. The highest BCUT2D eigenvalue weighted by Gasteiger charge is 2.15. The summed E-state index contributed by atoms with van der Waals surface area (Å²) in [6.07, 6.45) is 2.81. The second-order valence-corrected chi connectivity index (χ2v) is 8.51. The lowest BCUT2D eigenvalue weighted by Crippen LogP contribution is -2.43. The van der Waals surface area contributed by atoms with Crippen LogP contribution in [0.2, 0.25) is 0 Å². The van der Waals surface area contributed by atoms with Gasteiger partial charge in [-0.25, -0.2) is 9.11 Å². The number of nitrogens with zero attached hydrogens (tertiary/aromatic N) is 2. The van der Waals surface area contributed by atoms with Gasteiger partial charge in [-0.3, -0.25) is 14.0 Å². The van der Waals surface area contributed by atoms with E-state index in [2.05, 4.69) is 19.9 Å². The van der Waals surface area contributed by atoms with E-state index in [1.165, 1.54) is 12.1 Å². The molecule has 1 unspecified atom stereocenters. The molecule has 32 heavy (non-hydrogen) atoms. The van der Waals surface area contributed by atoms with Crippen LogP contribution in [-0.2, 0) is 17.7 Å². The molecular formula is C23H24FN4O3S-. The van der Waals surface area contributed by atoms with Crippen LogP contribution in [0, 0.1) is 5.82 Å². The number of aromatic nitrogens is 1. The van der Waals surface area contributed by atoms with Gasteiger partial charge in [0.05, 0.1) is 17.4 Å². The maximum Gasteiger partial charge on any atom is 0.193 e. The summed E-state index contributed by atoms with van der Waals surface area (Å²) >= 11 is -2.32. The van der Waals surface area contributed by atoms with E-state index in [0.717, 1.165) is 42.8 Å². The standard InChI is InChI=1S/C23H25FN4O3S/c24-20-11-16(2-1-5-27-32(30)31)10-19(13-20)23(29)17-3-4-22-18(12-17)14-21(15-26-22)28-8-6-25-7-9-28/h3-4,10-15,25,27H,1-2,5-9H2,(H,30,31)/p-1. The number of carbonyl (C=O) groups is 1. The van der Waals surface area contributed by atoms with Crippen LogP contribution in [0.4, 0.5) is 10.1 Å². The van der Waals surface area contributed by atoms with E-state index >= 15 is 0 Å². The number of aryl methyl sites for hydroxylation is 1. The van der Waals surface area contributed by atoms with E-state index in [0.29, 0.717) is 24.0 Å². The number of nitrogens with one attached hydrogen (secondary N) is 2. The first-order chi connectivity index (χ1) is 15.5. The van der Waals surface area contributed by atoms with Gasteiger partial charge in [-0.15, -0.1) is 0 Å². The normalized spacial score (nSPS) is 15.1. The van der Waals surface area contributed by atoms with Gasteiger partial charge in [0.25, 0.3) is 0 Å². The lowest BCUT2D eigenvalue weighted by molar-refractivity contribution is 0.103. The fourth-order valence-electron chi connectivity index (χ4n) is 3.90. The Balaban J connectivity index is 1.55. The molecule has 0 radical (unpaired) electrons. The smallest absolute Gasteiger partial charge is 0.193 e. The van der Waals surface area contributed by atoms with Crippen LogP contribution in [0.15, 0.2) is 48.7 Å². The number of halogens is 1. The molecule has 7 nitrogen and oxygen atoms in total. The summed E-state index contributed by atoms with van der Waals surface area (Å²) in [6.45, 7) is 3.89. The molecule has 2 aromatic carbocycles. The van der Waals surface area contributed by atoms with Crippen LogP contribution in [0.5, 0.6) is 0 Å². The van der Waals surface area contributed by atoms with E-state index in [4.69, 9.17) is 0 Å². The summed E-state index contributed by atoms with van der Waals surface area (Å²) in [5.41, 5.74) is 3.20. The van der Waals surface area contributed by atoms with Crippen LogP contribution in [0.3, 0.4) is 0 Å². The summed E-state index contributed by atoms with van der Waals surface area (Å²) in [5.74, 6) is -0.756. The van der Waals surface area contributed by atoms with Gasteiger partial charge in [0, 0.05) is 60.5 Å². The number of pyridine rings is 1. The van der Waals surface area contributed by atoms with Crippen molar-refractivity contribution < 1.29 is 17.9 Å². The second-order valence-electron chi connectivity index (χ2n) is 7.75. The van der Waals surface area contributed by atoms with Crippen LogP contribution < -0.4 is 14.9 Å². The molecule has 2 heterocycles. The molecule has 1 aromatic heterocycles. The van der Waals surface area contributed by atoms with E-state index < -0.39 is 17.1 Å². The fourth-order valence-corrected chi connectivity index (χ4v) is 4.21. The van der Waals surface area contributed by atoms with Crippen LogP contribution >= 0.6 is 0 Å². The van der Waals surface area contributed by atoms with Crippen molar-refractivity contribution in [3.05, 3.63) is 71.2 Å². The molecule has 0 saturated carbocycles. The number of piperazine rings is 1. The SMILES string of the molecule is O=C(c1cc(F)cc(CCCNS(=O)[O-])c1)c1ccc2ncc(N3CCNCC3)cc2c1. The molecule has 1 aliphatic heterocycles. The molecule has 168 valence electrons. The lowest BCUT2D eigenvalue weighted by Gasteiger charge is -2.29. The minimum Gasteiger partial charge on any atom is -0.760 e. The predicted octanol–water partition coefficient (Wildman–Crippen LogP) is 2.33. The van der Waals surface area contributed by atoms with Crippen LogP contribution in [0.1, 0.15) is 27.9 Å². The Labute approximate surface area is 188 Å². The van der Waals surface area contributed by atoms with Crippen molar-refractivity contribution in [2.45, 2.75) is 12.8 Å². The highest BCUT2D eigenvalue weighted by atomic mass is 32.2. The number of hydrogen-bond acceptors (Lipinski definition) is 6. The first-order valence-corrected chi connectivity index (χ1v) is 11.6. The van der Waals surface area contributed by atoms with E-state index in [1.807, 2.05) is 12.3 Å². The van der Waals surface area contributed by atoms with Gasteiger partial charge in [0.2, 0.25) is 0 Å². The van der Waals surface area contributed by atoms with Crippen LogP contribution in [0.25, 0.3) is 10.9 Å². The summed E-state index contributed by atoms with van der Waals surface area (Å²) in [4.78, 5) is 19.9. The van der Waals surface area contributed by atoms with E-state index in [-0.39, 0.29) is 17.9 Å². The van der Waals surface area contributed by atoms with Crippen molar-refractivity contribution in [1.82, 2.24) is 15.0 Å². The Bertz CT molecular complexity index is 1150. The second kappa shape index (κ2) is 10.3. The average Bonchev–Trinajstić information content (AvgIpc) is 2.81. The zero-order valence-electron chi connectivity index (χ0n) is 17.5. The molecular weight excluding hydrogens is 431 g/mol. The Kier molecular flexibility index (Phi) is 7.21. The number of hydrogen-bond donors (Lipinski definition) is 2. The maximum atomic E-state index is 14.2. The van der Waals surface area contributed by atoms with Gasteiger partial charge in [-0.2, -0.15) is 0 Å². The molecule has 1 aliphatic rings. The predicted molar refractivity (Wildman–Crippen MR) is 122 cm³/mol. The molecule has 2 N–H and O–H groups in total. The van der Waals surface area contributed by atoms with Crippen molar-refractivity contribution in [3.8, 4) is 0 Å². The molecule has 0 amide bonds.